The van der Waals surface area contributed by atoms with Gasteiger partial charge in [0.2, 0.25) is 0 Å². The van der Waals surface area contributed by atoms with Gasteiger partial charge in [-0.25, -0.2) is 0 Å². The van der Waals surface area contributed by atoms with Gasteiger partial charge in [-0.15, -0.1) is 0 Å². The van der Waals surface area contributed by atoms with Crippen LogP contribution in [-0.4, -0.2) is 10.2 Å². The molecule has 2 N–H and O–H groups in total. The van der Waals surface area contributed by atoms with E-state index in [-0.39, 0.29) is 11.5 Å². The zero-order valence-electron chi connectivity index (χ0n) is 10.2. The fraction of sp³-hybridized carbons (Fsp3) is 0. The Balaban J connectivity index is 2.67. The molecule has 0 radical (unpaired) electrons. The molecule has 0 saturated heterocycles. The van der Waals surface area contributed by atoms with Crippen molar-refractivity contribution in [3.63, 3.8) is 0 Å². The predicted octanol–water partition coefficient (Wildman–Crippen LogP) is 6.78. The van der Waals surface area contributed by atoms with Crippen molar-refractivity contribution in [3.8, 4) is 11.5 Å². The molecule has 0 unspecified atom stereocenters. The maximum atomic E-state index is 9.71. The average molecular weight is 562 g/mol. The van der Waals surface area contributed by atoms with Crippen LogP contribution in [0.5, 0.6) is 11.5 Å². The number of aromatic hydroxyl groups is 2. The third-order valence-electron chi connectivity index (χ3n) is 2.76. The van der Waals surface area contributed by atoms with Gasteiger partial charge in [0, 0.05) is 20.1 Å². The summed E-state index contributed by atoms with van der Waals surface area (Å²) in [7, 11) is 0. The molecule has 2 rings (SSSR count). The Labute approximate surface area is 160 Å². The number of rotatable bonds is 2. The van der Waals surface area contributed by atoms with E-state index in [1.165, 1.54) is 5.54 Å². The summed E-state index contributed by atoms with van der Waals surface area (Å²) < 4.78 is 2.52. The largest absolute Gasteiger partial charge is 0.507 e. The molecule has 0 aliphatic rings. The predicted molar refractivity (Wildman–Crippen MR) is 99.9 cm³/mol. The molecule has 2 aromatic rings. The van der Waals surface area contributed by atoms with Crippen molar-refractivity contribution in [2.45, 2.75) is 0 Å². The minimum absolute atomic E-state index is 0.130. The summed E-state index contributed by atoms with van der Waals surface area (Å²) in [6.45, 7) is 0. The van der Waals surface area contributed by atoms with E-state index in [4.69, 9.17) is 11.6 Å². The highest BCUT2D eigenvalue weighted by Gasteiger charge is 2.16. The molecule has 0 spiro atoms. The highest BCUT2D eigenvalue weighted by atomic mass is 79.9. The lowest BCUT2D eigenvalue weighted by molar-refractivity contribution is 0.471. The normalized spacial score (nSPS) is 10.5. The molecular formula is C14H7Br4ClO2. The van der Waals surface area contributed by atoms with Gasteiger partial charge in [0.05, 0.1) is 8.95 Å². The quantitative estimate of drug-likeness (QED) is 0.424. The molecule has 7 heteroatoms. The van der Waals surface area contributed by atoms with Crippen LogP contribution in [0.25, 0.3) is 5.57 Å². The molecule has 0 bridgehead atoms. The van der Waals surface area contributed by atoms with Crippen molar-refractivity contribution < 1.29 is 10.2 Å². The van der Waals surface area contributed by atoms with Crippen molar-refractivity contribution >= 4 is 80.9 Å². The number of benzene rings is 2. The fourth-order valence-electron chi connectivity index (χ4n) is 1.75. The van der Waals surface area contributed by atoms with Crippen molar-refractivity contribution in [1.82, 2.24) is 0 Å². The topological polar surface area (TPSA) is 40.5 Å². The second-order valence-corrected chi connectivity index (χ2v) is 7.73. The van der Waals surface area contributed by atoms with E-state index in [0.29, 0.717) is 17.9 Å². The first-order valence-electron chi connectivity index (χ1n) is 5.52. The number of hydrogen-bond donors (Lipinski definition) is 2. The van der Waals surface area contributed by atoms with E-state index in [9.17, 15) is 10.2 Å². The summed E-state index contributed by atoms with van der Waals surface area (Å²) in [5.41, 5.74) is 3.78. The lowest BCUT2D eigenvalue weighted by Gasteiger charge is -2.14. The number of halogens is 5. The highest BCUT2D eigenvalue weighted by Crippen LogP contribution is 2.41. The van der Waals surface area contributed by atoms with E-state index in [2.05, 4.69) is 63.7 Å². The van der Waals surface area contributed by atoms with Crippen LogP contribution in [0.2, 0.25) is 0 Å². The van der Waals surface area contributed by atoms with E-state index in [1.54, 1.807) is 24.3 Å². The third-order valence-corrected chi connectivity index (χ3v) is 5.56. The van der Waals surface area contributed by atoms with Crippen LogP contribution in [0.4, 0.5) is 0 Å². The van der Waals surface area contributed by atoms with Gasteiger partial charge in [0.25, 0.3) is 0 Å². The first-order valence-corrected chi connectivity index (χ1v) is 9.13. The van der Waals surface area contributed by atoms with E-state index in [1.807, 2.05) is 0 Å². The Hall–Kier alpha value is -0.0100. The average Bonchev–Trinajstić information content (AvgIpc) is 2.42. The molecule has 0 atom stereocenters. The van der Waals surface area contributed by atoms with Gasteiger partial charge in [-0.3, -0.25) is 0 Å². The molecule has 2 aromatic carbocycles. The molecule has 110 valence electrons. The second kappa shape index (κ2) is 7.04. The van der Waals surface area contributed by atoms with Crippen molar-refractivity contribution in [1.29, 1.82) is 0 Å². The minimum atomic E-state index is 0.130. The van der Waals surface area contributed by atoms with Crippen molar-refractivity contribution in [3.05, 3.63) is 58.8 Å². The van der Waals surface area contributed by atoms with Crippen LogP contribution >= 0.6 is 75.3 Å². The smallest absolute Gasteiger partial charge is 0.130 e. The Bertz CT molecular complexity index is 685. The Kier molecular flexibility index (Phi) is 5.82. The zero-order chi connectivity index (χ0) is 15.7. The van der Waals surface area contributed by atoms with Gasteiger partial charge in [-0.2, -0.15) is 0 Å². The molecular weight excluding hydrogens is 555 g/mol. The molecule has 0 heterocycles. The van der Waals surface area contributed by atoms with E-state index in [0.717, 1.165) is 16.7 Å². The van der Waals surface area contributed by atoms with Gasteiger partial charge in [0.1, 0.15) is 11.5 Å². The Morgan fingerprint density at radius 3 is 1.48 bits per heavy atom. The lowest BCUT2D eigenvalue weighted by atomic mass is 9.99. The number of phenolic OH excluding ortho intramolecular Hbond substituents is 2. The van der Waals surface area contributed by atoms with Crippen molar-refractivity contribution in [2.75, 3.05) is 0 Å². The van der Waals surface area contributed by atoms with E-state index >= 15 is 0 Å². The standard InChI is InChI=1S/C14H7Br4ClO2/c15-9-3-13(20)11(17)1-6(9)8(5-19)7-2-12(18)14(21)4-10(7)16/h1-5,20-21H. The summed E-state index contributed by atoms with van der Waals surface area (Å²) in [4.78, 5) is 0. The van der Waals surface area contributed by atoms with Crippen LogP contribution in [-0.2, 0) is 0 Å². The summed E-state index contributed by atoms with van der Waals surface area (Å²) in [6.07, 6.45) is 0. The van der Waals surface area contributed by atoms with Crippen LogP contribution in [0.1, 0.15) is 11.1 Å². The second-order valence-electron chi connectivity index (χ2n) is 4.09. The Morgan fingerprint density at radius 2 is 1.14 bits per heavy atom. The van der Waals surface area contributed by atoms with Gasteiger partial charge in [-0.05, 0) is 67.3 Å². The minimum Gasteiger partial charge on any atom is -0.507 e. The molecule has 0 saturated carbocycles. The summed E-state index contributed by atoms with van der Waals surface area (Å²) in [5.74, 6) is 0.260. The van der Waals surface area contributed by atoms with Gasteiger partial charge < -0.3 is 10.2 Å². The number of hydrogen-bond acceptors (Lipinski definition) is 2. The summed E-state index contributed by atoms with van der Waals surface area (Å²) in [5, 5.41) is 19.4. The fourth-order valence-corrected chi connectivity index (χ4v) is 3.76. The van der Waals surface area contributed by atoms with Gasteiger partial charge >= 0.3 is 0 Å². The first-order chi connectivity index (χ1) is 9.85. The maximum Gasteiger partial charge on any atom is 0.130 e. The molecule has 0 aliphatic heterocycles. The first kappa shape index (κ1) is 17.3. The van der Waals surface area contributed by atoms with Crippen LogP contribution in [0.15, 0.2) is 47.7 Å². The molecule has 0 fully saturated rings. The van der Waals surface area contributed by atoms with E-state index < -0.39 is 0 Å². The highest BCUT2D eigenvalue weighted by molar-refractivity contribution is 9.11. The molecule has 0 aliphatic carbocycles. The van der Waals surface area contributed by atoms with Crippen molar-refractivity contribution in [2.24, 2.45) is 0 Å². The summed E-state index contributed by atoms with van der Waals surface area (Å²) in [6, 6.07) is 6.70. The monoisotopic (exact) mass is 558 g/mol. The third kappa shape index (κ3) is 3.67. The SMILES string of the molecule is Oc1cc(Br)c(C(=CCl)c2cc(Br)c(O)cc2Br)cc1Br. The Morgan fingerprint density at radius 1 is 0.762 bits per heavy atom. The van der Waals surface area contributed by atoms with Crippen LogP contribution in [0.3, 0.4) is 0 Å². The van der Waals surface area contributed by atoms with Crippen LogP contribution < -0.4 is 0 Å². The summed E-state index contributed by atoms with van der Waals surface area (Å²) >= 11 is 19.4. The molecule has 21 heavy (non-hydrogen) atoms. The molecule has 0 aromatic heterocycles. The maximum absolute atomic E-state index is 9.71. The molecule has 0 amide bonds. The lowest BCUT2D eigenvalue weighted by Crippen LogP contribution is -1.92. The van der Waals surface area contributed by atoms with Gasteiger partial charge in [-0.1, -0.05) is 43.5 Å². The molecule has 2 nitrogen and oxygen atoms in total. The van der Waals surface area contributed by atoms with Gasteiger partial charge in [0.15, 0.2) is 0 Å². The van der Waals surface area contributed by atoms with Crippen LogP contribution in [0, 0.1) is 0 Å². The number of phenols is 2. The zero-order valence-corrected chi connectivity index (χ0v) is 17.3.